The fourth-order valence-electron chi connectivity index (χ4n) is 2.37. The normalized spacial score (nSPS) is 21.5. The van der Waals surface area contributed by atoms with E-state index in [1.165, 1.54) is 19.2 Å². The number of aliphatic carboxylic acids is 1. The SMILES string of the molecule is CCOC1=CC=C(c2cccc(F)c2)CC1(OC)C(=O)O. The number of hydrogen-bond acceptors (Lipinski definition) is 3. The lowest BCUT2D eigenvalue weighted by Crippen LogP contribution is -2.44. The molecule has 0 radical (unpaired) electrons. The van der Waals surface area contributed by atoms with Crippen LogP contribution in [0.4, 0.5) is 4.39 Å². The summed E-state index contributed by atoms with van der Waals surface area (Å²) in [7, 11) is 1.33. The van der Waals surface area contributed by atoms with Gasteiger partial charge in [0.25, 0.3) is 0 Å². The maximum atomic E-state index is 13.3. The van der Waals surface area contributed by atoms with Gasteiger partial charge in [0.1, 0.15) is 11.6 Å². The van der Waals surface area contributed by atoms with Crippen LogP contribution in [0, 0.1) is 5.82 Å². The molecular formula is C16H17FO4. The minimum atomic E-state index is -1.58. The lowest BCUT2D eigenvalue weighted by molar-refractivity contribution is -0.161. The van der Waals surface area contributed by atoms with Crippen molar-refractivity contribution in [3.05, 3.63) is 53.6 Å². The van der Waals surface area contributed by atoms with E-state index in [1.54, 1.807) is 31.2 Å². The van der Waals surface area contributed by atoms with E-state index in [9.17, 15) is 14.3 Å². The standard InChI is InChI=1S/C16H17FO4/c1-3-21-14-8-7-12(10-16(14,20-2)15(18)19)11-5-4-6-13(17)9-11/h4-9H,3,10H2,1-2H3,(H,18,19). The van der Waals surface area contributed by atoms with Gasteiger partial charge in [-0.25, -0.2) is 9.18 Å². The molecule has 0 bridgehead atoms. The van der Waals surface area contributed by atoms with Crippen molar-refractivity contribution in [3.8, 4) is 0 Å². The zero-order valence-electron chi connectivity index (χ0n) is 11.9. The lowest BCUT2D eigenvalue weighted by Gasteiger charge is -2.33. The van der Waals surface area contributed by atoms with Gasteiger partial charge in [-0.1, -0.05) is 18.2 Å². The number of methoxy groups -OCH3 is 1. The summed E-state index contributed by atoms with van der Waals surface area (Å²) in [6, 6.07) is 6.03. The van der Waals surface area contributed by atoms with Gasteiger partial charge < -0.3 is 14.6 Å². The van der Waals surface area contributed by atoms with Gasteiger partial charge in [-0.05, 0) is 36.3 Å². The summed E-state index contributed by atoms with van der Waals surface area (Å²) in [6.45, 7) is 2.11. The molecule has 0 heterocycles. The molecule has 0 amide bonds. The molecule has 5 heteroatoms. The maximum Gasteiger partial charge on any atom is 0.344 e. The molecule has 0 aliphatic heterocycles. The highest BCUT2D eigenvalue weighted by Crippen LogP contribution is 2.38. The van der Waals surface area contributed by atoms with E-state index in [0.29, 0.717) is 17.7 Å². The van der Waals surface area contributed by atoms with Gasteiger partial charge in [-0.3, -0.25) is 0 Å². The van der Waals surface area contributed by atoms with Gasteiger partial charge in [-0.15, -0.1) is 0 Å². The molecule has 1 aromatic rings. The van der Waals surface area contributed by atoms with Crippen molar-refractivity contribution >= 4 is 11.5 Å². The number of halogens is 1. The molecule has 1 unspecified atom stereocenters. The highest BCUT2D eigenvalue weighted by Gasteiger charge is 2.46. The lowest BCUT2D eigenvalue weighted by atomic mass is 9.84. The zero-order valence-corrected chi connectivity index (χ0v) is 11.9. The topological polar surface area (TPSA) is 55.8 Å². The maximum absolute atomic E-state index is 13.3. The number of ether oxygens (including phenoxy) is 2. The Morgan fingerprint density at radius 1 is 1.43 bits per heavy atom. The first-order valence-electron chi connectivity index (χ1n) is 6.62. The largest absolute Gasteiger partial charge is 0.494 e. The average Bonchev–Trinajstić information content (AvgIpc) is 2.47. The van der Waals surface area contributed by atoms with Crippen LogP contribution in [0.3, 0.4) is 0 Å². The summed E-state index contributed by atoms with van der Waals surface area (Å²) in [4.78, 5) is 11.7. The van der Waals surface area contributed by atoms with Gasteiger partial charge in [0.2, 0.25) is 5.60 Å². The molecule has 1 aliphatic rings. The number of carbonyl (C=O) groups is 1. The molecule has 4 nitrogen and oxygen atoms in total. The fraction of sp³-hybridized carbons (Fsp3) is 0.312. The van der Waals surface area contributed by atoms with Crippen LogP contribution in [0.1, 0.15) is 18.9 Å². The second-order valence-corrected chi connectivity index (χ2v) is 4.68. The summed E-state index contributed by atoms with van der Waals surface area (Å²) in [6.07, 6.45) is 3.39. The highest BCUT2D eigenvalue weighted by molar-refractivity contribution is 5.87. The van der Waals surface area contributed by atoms with Crippen LogP contribution in [0.15, 0.2) is 42.2 Å². The summed E-state index contributed by atoms with van der Waals surface area (Å²) < 4.78 is 24.0. The van der Waals surface area contributed by atoms with Crippen LogP contribution in [0.2, 0.25) is 0 Å². The van der Waals surface area contributed by atoms with Gasteiger partial charge in [-0.2, -0.15) is 0 Å². The first-order valence-corrected chi connectivity index (χ1v) is 6.62. The van der Waals surface area contributed by atoms with Crippen LogP contribution < -0.4 is 0 Å². The van der Waals surface area contributed by atoms with Crippen LogP contribution >= 0.6 is 0 Å². The molecule has 112 valence electrons. The Hall–Kier alpha value is -2.14. The van der Waals surface area contributed by atoms with Crippen molar-refractivity contribution in [2.75, 3.05) is 13.7 Å². The van der Waals surface area contributed by atoms with E-state index in [4.69, 9.17) is 9.47 Å². The molecule has 1 aromatic carbocycles. The van der Waals surface area contributed by atoms with E-state index in [0.717, 1.165) is 0 Å². The molecule has 2 rings (SSSR count). The molecule has 0 saturated heterocycles. The summed E-state index contributed by atoms with van der Waals surface area (Å²) in [5.41, 5.74) is -0.265. The Balaban J connectivity index is 2.46. The third-order valence-corrected chi connectivity index (χ3v) is 3.46. The molecule has 1 N–H and O–H groups in total. The number of allylic oxidation sites excluding steroid dienone is 2. The summed E-state index contributed by atoms with van der Waals surface area (Å²) >= 11 is 0. The Bertz CT molecular complexity index is 606. The number of carboxylic acid groups (broad SMARTS) is 1. The molecular weight excluding hydrogens is 275 g/mol. The predicted octanol–water partition coefficient (Wildman–Crippen LogP) is 3.00. The average molecular weight is 292 g/mol. The Morgan fingerprint density at radius 3 is 2.76 bits per heavy atom. The van der Waals surface area contributed by atoms with E-state index < -0.39 is 11.6 Å². The number of carboxylic acids is 1. The summed E-state index contributed by atoms with van der Waals surface area (Å²) in [5, 5.41) is 9.56. The number of benzene rings is 1. The quantitative estimate of drug-likeness (QED) is 0.906. The second kappa shape index (κ2) is 6.10. The summed E-state index contributed by atoms with van der Waals surface area (Å²) in [5.74, 6) is -1.25. The minimum absolute atomic E-state index is 0.0775. The van der Waals surface area contributed by atoms with E-state index in [-0.39, 0.29) is 18.0 Å². The van der Waals surface area contributed by atoms with Gasteiger partial charge in [0, 0.05) is 13.5 Å². The molecule has 1 aliphatic carbocycles. The highest BCUT2D eigenvalue weighted by atomic mass is 19.1. The van der Waals surface area contributed by atoms with E-state index in [1.807, 2.05) is 0 Å². The third-order valence-electron chi connectivity index (χ3n) is 3.46. The van der Waals surface area contributed by atoms with Crippen molar-refractivity contribution in [2.45, 2.75) is 18.9 Å². The number of rotatable bonds is 5. The van der Waals surface area contributed by atoms with E-state index >= 15 is 0 Å². The van der Waals surface area contributed by atoms with Gasteiger partial charge in [0.15, 0.2) is 0 Å². The van der Waals surface area contributed by atoms with Crippen LogP contribution in [-0.2, 0) is 14.3 Å². The smallest absolute Gasteiger partial charge is 0.344 e. The van der Waals surface area contributed by atoms with Crippen molar-refractivity contribution in [2.24, 2.45) is 0 Å². The second-order valence-electron chi connectivity index (χ2n) is 4.68. The zero-order chi connectivity index (χ0) is 15.5. The Kier molecular flexibility index (Phi) is 4.43. The molecule has 1 atom stereocenters. The van der Waals surface area contributed by atoms with Gasteiger partial charge >= 0.3 is 5.97 Å². The first-order chi connectivity index (χ1) is 10.0. The minimum Gasteiger partial charge on any atom is -0.494 e. The van der Waals surface area contributed by atoms with Crippen LogP contribution in [0.25, 0.3) is 5.57 Å². The van der Waals surface area contributed by atoms with Crippen molar-refractivity contribution in [3.63, 3.8) is 0 Å². The first kappa shape index (κ1) is 15.3. The molecule has 21 heavy (non-hydrogen) atoms. The molecule has 0 fully saturated rings. The molecule has 0 aromatic heterocycles. The predicted molar refractivity (Wildman–Crippen MR) is 76.1 cm³/mol. The van der Waals surface area contributed by atoms with Crippen LogP contribution in [-0.4, -0.2) is 30.4 Å². The van der Waals surface area contributed by atoms with Crippen LogP contribution in [0.5, 0.6) is 0 Å². The van der Waals surface area contributed by atoms with Crippen molar-refractivity contribution < 1.29 is 23.8 Å². The third kappa shape index (κ3) is 2.83. The van der Waals surface area contributed by atoms with Crippen molar-refractivity contribution in [1.82, 2.24) is 0 Å². The van der Waals surface area contributed by atoms with Gasteiger partial charge in [0.05, 0.1) is 6.61 Å². The fourth-order valence-corrected chi connectivity index (χ4v) is 2.37. The van der Waals surface area contributed by atoms with Crippen molar-refractivity contribution in [1.29, 1.82) is 0 Å². The molecule has 0 saturated carbocycles. The number of hydrogen-bond donors (Lipinski definition) is 1. The molecule has 0 spiro atoms. The Morgan fingerprint density at radius 2 is 2.19 bits per heavy atom. The van der Waals surface area contributed by atoms with E-state index in [2.05, 4.69) is 0 Å². The monoisotopic (exact) mass is 292 g/mol. The Labute approximate surface area is 122 Å².